The molecule has 118 valence electrons. The molecule has 0 saturated carbocycles. The zero-order chi connectivity index (χ0) is 16.0. The first kappa shape index (κ1) is 17.3. The van der Waals surface area contributed by atoms with Gasteiger partial charge in [0.1, 0.15) is 5.75 Å². The highest BCUT2D eigenvalue weighted by molar-refractivity contribution is 5.81. The number of amides is 1. The van der Waals surface area contributed by atoms with Gasteiger partial charge in [0.15, 0.2) is 0 Å². The van der Waals surface area contributed by atoms with E-state index >= 15 is 0 Å². The van der Waals surface area contributed by atoms with Gasteiger partial charge in [0.05, 0.1) is 18.7 Å². The van der Waals surface area contributed by atoms with Gasteiger partial charge in [-0.2, -0.15) is 13.2 Å². The summed E-state index contributed by atoms with van der Waals surface area (Å²) < 4.78 is 43.7. The van der Waals surface area contributed by atoms with Crippen molar-refractivity contribution in [2.45, 2.75) is 38.5 Å². The van der Waals surface area contributed by atoms with Crippen LogP contribution in [-0.4, -0.2) is 19.1 Å². The molecule has 0 saturated heterocycles. The van der Waals surface area contributed by atoms with E-state index in [4.69, 9.17) is 10.5 Å². The molecule has 3 N–H and O–H groups in total. The van der Waals surface area contributed by atoms with Gasteiger partial charge in [-0.15, -0.1) is 0 Å². The molecule has 1 amide bonds. The van der Waals surface area contributed by atoms with E-state index in [0.717, 1.165) is 12.5 Å². The molecule has 1 aromatic carbocycles. The highest BCUT2D eigenvalue weighted by atomic mass is 19.4. The van der Waals surface area contributed by atoms with E-state index in [1.54, 1.807) is 0 Å². The predicted octanol–water partition coefficient (Wildman–Crippen LogP) is 2.46. The van der Waals surface area contributed by atoms with Crippen LogP contribution in [0.4, 0.5) is 13.2 Å². The Hall–Kier alpha value is -1.76. The molecule has 0 aliphatic heterocycles. The number of carbonyl (C=O) groups is 1. The van der Waals surface area contributed by atoms with E-state index in [-0.39, 0.29) is 17.9 Å². The van der Waals surface area contributed by atoms with Crippen LogP contribution in [0.25, 0.3) is 0 Å². The van der Waals surface area contributed by atoms with Gasteiger partial charge >= 0.3 is 6.18 Å². The van der Waals surface area contributed by atoms with Crippen molar-refractivity contribution < 1.29 is 22.7 Å². The highest BCUT2D eigenvalue weighted by Crippen LogP contribution is 2.34. The van der Waals surface area contributed by atoms with E-state index in [1.165, 1.54) is 19.2 Å². The summed E-state index contributed by atoms with van der Waals surface area (Å²) >= 11 is 0. The van der Waals surface area contributed by atoms with Crippen molar-refractivity contribution in [2.24, 2.45) is 5.73 Å². The van der Waals surface area contributed by atoms with Crippen LogP contribution in [0.2, 0.25) is 0 Å². The fourth-order valence-electron chi connectivity index (χ4n) is 1.86. The van der Waals surface area contributed by atoms with Crippen LogP contribution in [0.3, 0.4) is 0 Å². The number of hydrogen-bond acceptors (Lipinski definition) is 3. The second kappa shape index (κ2) is 7.31. The summed E-state index contributed by atoms with van der Waals surface area (Å²) in [4.78, 5) is 11.6. The topological polar surface area (TPSA) is 64.4 Å². The molecule has 0 bridgehead atoms. The summed E-state index contributed by atoms with van der Waals surface area (Å²) in [5.74, 6) is -0.346. The number of nitrogens with two attached hydrogens (primary N) is 1. The molecule has 1 atom stereocenters. The van der Waals surface area contributed by atoms with Crippen LogP contribution in [0.15, 0.2) is 18.2 Å². The van der Waals surface area contributed by atoms with Gasteiger partial charge in [-0.25, -0.2) is 0 Å². The van der Waals surface area contributed by atoms with Crippen molar-refractivity contribution in [1.82, 2.24) is 5.32 Å². The minimum atomic E-state index is -4.51. The summed E-state index contributed by atoms with van der Waals surface area (Å²) in [5, 5.41) is 2.43. The van der Waals surface area contributed by atoms with Gasteiger partial charge < -0.3 is 15.8 Å². The van der Waals surface area contributed by atoms with Crippen LogP contribution in [0, 0.1) is 0 Å². The highest BCUT2D eigenvalue weighted by Gasteiger charge is 2.33. The lowest BCUT2D eigenvalue weighted by atomic mass is 10.1. The number of carbonyl (C=O) groups excluding carboxylic acids is 1. The molecule has 0 radical (unpaired) electrons. The molecule has 21 heavy (non-hydrogen) atoms. The zero-order valence-electron chi connectivity index (χ0n) is 12.0. The van der Waals surface area contributed by atoms with Crippen molar-refractivity contribution in [3.63, 3.8) is 0 Å². The molecule has 0 aliphatic carbocycles. The second-order valence-corrected chi connectivity index (χ2v) is 4.63. The van der Waals surface area contributed by atoms with Crippen LogP contribution in [-0.2, 0) is 17.5 Å². The quantitative estimate of drug-likeness (QED) is 0.848. The molecular weight excluding hydrogens is 285 g/mol. The molecule has 7 heteroatoms. The Bertz CT molecular complexity index is 490. The normalized spacial score (nSPS) is 12.9. The van der Waals surface area contributed by atoms with Gasteiger partial charge in [-0.1, -0.05) is 19.4 Å². The maximum Gasteiger partial charge on any atom is 0.416 e. The largest absolute Gasteiger partial charge is 0.497 e. The number of benzene rings is 1. The lowest BCUT2D eigenvalue weighted by Crippen LogP contribution is -2.40. The van der Waals surface area contributed by atoms with E-state index < -0.39 is 23.7 Å². The van der Waals surface area contributed by atoms with Crippen LogP contribution < -0.4 is 15.8 Å². The predicted molar refractivity (Wildman–Crippen MR) is 72.7 cm³/mol. The average Bonchev–Trinajstić information content (AvgIpc) is 2.43. The molecule has 4 nitrogen and oxygen atoms in total. The minimum absolute atomic E-state index is 0.0275. The lowest BCUT2D eigenvalue weighted by Gasteiger charge is -2.16. The molecular formula is C14H19F3N2O2. The number of rotatable bonds is 6. The lowest BCUT2D eigenvalue weighted by molar-refractivity contribution is -0.138. The second-order valence-electron chi connectivity index (χ2n) is 4.63. The van der Waals surface area contributed by atoms with Gasteiger partial charge in [-0.05, 0) is 24.1 Å². The smallest absolute Gasteiger partial charge is 0.416 e. The van der Waals surface area contributed by atoms with E-state index in [2.05, 4.69) is 5.32 Å². The Morgan fingerprint density at radius 3 is 2.62 bits per heavy atom. The van der Waals surface area contributed by atoms with E-state index in [0.29, 0.717) is 6.42 Å². The van der Waals surface area contributed by atoms with Crippen molar-refractivity contribution in [3.8, 4) is 5.75 Å². The Morgan fingerprint density at radius 2 is 2.10 bits per heavy atom. The van der Waals surface area contributed by atoms with Gasteiger partial charge in [0.2, 0.25) is 5.91 Å². The summed E-state index contributed by atoms with van der Waals surface area (Å²) in [7, 11) is 1.29. The first-order valence-corrected chi connectivity index (χ1v) is 6.57. The number of methoxy groups -OCH3 is 1. The average molecular weight is 304 g/mol. The summed E-state index contributed by atoms with van der Waals surface area (Å²) in [5.41, 5.74) is 4.75. The standard InChI is InChI=1S/C14H19F3N2O2/c1-3-4-12(18)13(20)19-8-9-5-6-10(21-2)7-11(9)14(15,16)17/h5-7,12H,3-4,8,18H2,1-2H3,(H,19,20). The van der Waals surface area contributed by atoms with Gasteiger partial charge in [0.25, 0.3) is 0 Å². The van der Waals surface area contributed by atoms with Crippen LogP contribution in [0.1, 0.15) is 30.9 Å². The Kier molecular flexibility index (Phi) is 6.02. The summed E-state index contributed by atoms with van der Waals surface area (Å²) in [6, 6.07) is 2.91. The Morgan fingerprint density at radius 1 is 1.43 bits per heavy atom. The minimum Gasteiger partial charge on any atom is -0.497 e. The molecule has 0 heterocycles. The van der Waals surface area contributed by atoms with Crippen molar-refractivity contribution in [1.29, 1.82) is 0 Å². The third-order valence-electron chi connectivity index (χ3n) is 3.01. The number of ether oxygens (including phenoxy) is 1. The monoisotopic (exact) mass is 304 g/mol. The number of alkyl halides is 3. The zero-order valence-corrected chi connectivity index (χ0v) is 12.0. The Balaban J connectivity index is 2.86. The molecule has 0 fully saturated rings. The molecule has 1 unspecified atom stereocenters. The SMILES string of the molecule is CCCC(N)C(=O)NCc1ccc(OC)cc1C(F)(F)F. The van der Waals surface area contributed by atoms with Gasteiger partial charge in [-0.3, -0.25) is 4.79 Å². The number of nitrogens with one attached hydrogen (secondary N) is 1. The van der Waals surface area contributed by atoms with E-state index in [1.807, 2.05) is 6.92 Å². The molecule has 0 aliphatic rings. The van der Waals surface area contributed by atoms with Crippen molar-refractivity contribution >= 4 is 5.91 Å². The van der Waals surface area contributed by atoms with E-state index in [9.17, 15) is 18.0 Å². The number of halogens is 3. The summed E-state index contributed by atoms with van der Waals surface area (Å²) in [6.07, 6.45) is -3.30. The Labute approximate surface area is 121 Å². The maximum atomic E-state index is 13.0. The number of hydrogen-bond donors (Lipinski definition) is 2. The fraction of sp³-hybridized carbons (Fsp3) is 0.500. The molecule has 1 rings (SSSR count). The van der Waals surface area contributed by atoms with Crippen molar-refractivity contribution in [3.05, 3.63) is 29.3 Å². The third-order valence-corrected chi connectivity index (χ3v) is 3.01. The maximum absolute atomic E-state index is 13.0. The fourth-order valence-corrected chi connectivity index (χ4v) is 1.86. The molecule has 0 spiro atoms. The van der Waals surface area contributed by atoms with Gasteiger partial charge in [0, 0.05) is 6.54 Å². The molecule has 0 aromatic heterocycles. The third kappa shape index (κ3) is 4.93. The summed E-state index contributed by atoms with van der Waals surface area (Å²) in [6.45, 7) is 1.65. The first-order chi connectivity index (χ1) is 9.79. The van der Waals surface area contributed by atoms with Crippen LogP contribution in [0.5, 0.6) is 5.75 Å². The first-order valence-electron chi connectivity index (χ1n) is 6.57. The van der Waals surface area contributed by atoms with Crippen LogP contribution >= 0.6 is 0 Å². The molecule has 1 aromatic rings. The van der Waals surface area contributed by atoms with Crippen molar-refractivity contribution in [2.75, 3.05) is 7.11 Å².